The van der Waals surface area contributed by atoms with E-state index in [4.69, 9.17) is 10.5 Å². The summed E-state index contributed by atoms with van der Waals surface area (Å²) in [7, 11) is 0. The minimum absolute atomic E-state index is 0.358. The number of rotatable bonds is 6. The van der Waals surface area contributed by atoms with Crippen molar-refractivity contribution in [2.45, 2.75) is 18.5 Å². The second-order valence-electron chi connectivity index (χ2n) is 2.46. The molecular weight excluding hydrogens is 188 g/mol. The van der Waals surface area contributed by atoms with Crippen LogP contribution in [0.2, 0.25) is 0 Å². The Morgan fingerprint density at radius 3 is 3.00 bits per heavy atom. The molecule has 6 heteroatoms. The van der Waals surface area contributed by atoms with Gasteiger partial charge in [-0.05, 0) is 6.42 Å². The number of nitrogens with one attached hydrogen (secondary N) is 1. The number of anilines is 1. The third kappa shape index (κ3) is 4.14. The molecule has 13 heavy (non-hydrogen) atoms. The summed E-state index contributed by atoms with van der Waals surface area (Å²) < 4.78 is 5.29. The average molecular weight is 202 g/mol. The molecule has 0 bridgehead atoms. The molecule has 0 unspecified atom stereocenters. The van der Waals surface area contributed by atoms with Crippen LogP contribution in [0.4, 0.5) is 5.95 Å². The van der Waals surface area contributed by atoms with Crippen LogP contribution < -0.4 is 5.73 Å². The minimum atomic E-state index is 0.358. The number of aromatic amines is 1. The second-order valence-corrected chi connectivity index (χ2v) is 3.53. The van der Waals surface area contributed by atoms with E-state index in [0.717, 1.165) is 25.4 Å². The van der Waals surface area contributed by atoms with E-state index in [0.29, 0.717) is 11.1 Å². The van der Waals surface area contributed by atoms with Gasteiger partial charge in [-0.2, -0.15) is 4.98 Å². The first kappa shape index (κ1) is 10.3. The van der Waals surface area contributed by atoms with Crippen LogP contribution in [0, 0.1) is 0 Å². The highest BCUT2D eigenvalue weighted by molar-refractivity contribution is 7.99. The number of hydrogen-bond acceptors (Lipinski definition) is 5. The number of ether oxygens (including phenoxy) is 1. The summed E-state index contributed by atoms with van der Waals surface area (Å²) in [6, 6.07) is 0. The van der Waals surface area contributed by atoms with Gasteiger partial charge in [0.05, 0.1) is 6.61 Å². The predicted molar refractivity (Wildman–Crippen MR) is 52.6 cm³/mol. The molecule has 1 rings (SSSR count). The van der Waals surface area contributed by atoms with Crippen LogP contribution in [0.3, 0.4) is 0 Å². The van der Waals surface area contributed by atoms with Gasteiger partial charge in [0.15, 0.2) is 0 Å². The van der Waals surface area contributed by atoms with Crippen molar-refractivity contribution in [3.8, 4) is 0 Å². The molecule has 0 radical (unpaired) electrons. The van der Waals surface area contributed by atoms with Gasteiger partial charge in [-0.3, -0.25) is 0 Å². The van der Waals surface area contributed by atoms with Crippen LogP contribution in [0.1, 0.15) is 13.3 Å². The number of nitrogens with zero attached hydrogens (tertiary/aromatic N) is 2. The molecule has 0 aliphatic carbocycles. The van der Waals surface area contributed by atoms with E-state index in [1.54, 1.807) is 0 Å². The van der Waals surface area contributed by atoms with Crippen molar-refractivity contribution in [2.24, 2.45) is 0 Å². The first-order valence-corrected chi connectivity index (χ1v) is 5.20. The quantitative estimate of drug-likeness (QED) is 0.529. The van der Waals surface area contributed by atoms with Crippen molar-refractivity contribution in [3.63, 3.8) is 0 Å². The van der Waals surface area contributed by atoms with Crippen LogP contribution in [0.15, 0.2) is 5.16 Å². The normalized spacial score (nSPS) is 10.5. The lowest BCUT2D eigenvalue weighted by molar-refractivity contribution is 0.151. The molecule has 0 aliphatic heterocycles. The van der Waals surface area contributed by atoms with E-state index in [2.05, 4.69) is 22.1 Å². The molecule has 3 N–H and O–H groups in total. The zero-order valence-electron chi connectivity index (χ0n) is 7.62. The zero-order valence-corrected chi connectivity index (χ0v) is 8.43. The molecule has 0 amide bonds. The van der Waals surface area contributed by atoms with Crippen LogP contribution in [-0.4, -0.2) is 34.1 Å². The fourth-order valence-electron chi connectivity index (χ4n) is 0.761. The Bertz CT molecular complexity index is 240. The molecule has 0 saturated heterocycles. The largest absolute Gasteiger partial charge is 0.381 e. The number of hydrogen-bond donors (Lipinski definition) is 2. The molecule has 0 spiro atoms. The number of H-pyrrole nitrogens is 1. The van der Waals surface area contributed by atoms with E-state index < -0.39 is 0 Å². The van der Waals surface area contributed by atoms with Gasteiger partial charge in [0, 0.05) is 12.4 Å². The molecule has 0 aliphatic rings. The molecule has 1 aromatic rings. The summed E-state index contributed by atoms with van der Waals surface area (Å²) >= 11 is 1.53. The highest BCUT2D eigenvalue weighted by Crippen LogP contribution is 2.11. The lowest BCUT2D eigenvalue weighted by atomic mass is 10.5. The highest BCUT2D eigenvalue weighted by atomic mass is 32.2. The second kappa shape index (κ2) is 5.82. The molecule has 0 aromatic carbocycles. The lowest BCUT2D eigenvalue weighted by Crippen LogP contribution is -1.98. The first-order chi connectivity index (χ1) is 6.33. The predicted octanol–water partition coefficient (Wildman–Crippen LogP) is 0.906. The van der Waals surface area contributed by atoms with Crippen molar-refractivity contribution < 1.29 is 4.74 Å². The molecular formula is C7H14N4OS. The van der Waals surface area contributed by atoms with Gasteiger partial charge < -0.3 is 10.5 Å². The van der Waals surface area contributed by atoms with Crippen molar-refractivity contribution in [2.75, 3.05) is 24.7 Å². The molecule has 0 saturated carbocycles. The molecule has 0 fully saturated rings. The molecule has 5 nitrogen and oxygen atoms in total. The topological polar surface area (TPSA) is 76.8 Å². The third-order valence-electron chi connectivity index (χ3n) is 1.29. The van der Waals surface area contributed by atoms with Crippen molar-refractivity contribution in [1.82, 2.24) is 15.2 Å². The number of thioether (sulfide) groups is 1. The first-order valence-electron chi connectivity index (χ1n) is 4.21. The zero-order chi connectivity index (χ0) is 9.52. The maximum Gasteiger partial charge on any atom is 0.216 e. The van der Waals surface area contributed by atoms with Crippen molar-refractivity contribution in [1.29, 1.82) is 0 Å². The summed E-state index contributed by atoms with van der Waals surface area (Å²) in [5.74, 6) is 1.22. The Balaban J connectivity index is 2.06. The Morgan fingerprint density at radius 1 is 1.54 bits per heavy atom. The Hall–Kier alpha value is -0.750. The Kier molecular flexibility index (Phi) is 4.63. The third-order valence-corrected chi connectivity index (χ3v) is 2.10. The molecule has 0 atom stereocenters. The van der Waals surface area contributed by atoms with Gasteiger partial charge in [0.1, 0.15) is 0 Å². The lowest BCUT2D eigenvalue weighted by Gasteiger charge is -1.98. The number of aromatic nitrogens is 3. The van der Waals surface area contributed by atoms with Crippen molar-refractivity contribution >= 4 is 17.7 Å². The maximum atomic E-state index is 5.36. The van der Waals surface area contributed by atoms with Gasteiger partial charge in [0.2, 0.25) is 11.1 Å². The maximum absolute atomic E-state index is 5.36. The van der Waals surface area contributed by atoms with Gasteiger partial charge in [-0.15, -0.1) is 5.10 Å². The van der Waals surface area contributed by atoms with E-state index in [1.165, 1.54) is 11.8 Å². The van der Waals surface area contributed by atoms with Crippen LogP contribution in [-0.2, 0) is 4.74 Å². The smallest absolute Gasteiger partial charge is 0.216 e. The summed E-state index contributed by atoms with van der Waals surface area (Å²) in [5.41, 5.74) is 5.36. The molecule has 1 aromatic heterocycles. The van der Waals surface area contributed by atoms with Crippen LogP contribution >= 0.6 is 11.8 Å². The SMILES string of the molecule is CCCOCCSc1n[nH]c(N)n1. The summed E-state index contributed by atoms with van der Waals surface area (Å²) in [6.45, 7) is 3.63. The average Bonchev–Trinajstić information content (AvgIpc) is 2.51. The number of nitrogens with two attached hydrogens (primary N) is 1. The minimum Gasteiger partial charge on any atom is -0.381 e. The summed E-state index contributed by atoms with van der Waals surface area (Å²) in [6.07, 6.45) is 1.05. The Morgan fingerprint density at radius 2 is 2.38 bits per heavy atom. The van der Waals surface area contributed by atoms with E-state index in [-0.39, 0.29) is 0 Å². The van der Waals surface area contributed by atoms with Gasteiger partial charge >= 0.3 is 0 Å². The number of nitrogen functional groups attached to an aromatic ring is 1. The Labute approximate surface area is 81.4 Å². The van der Waals surface area contributed by atoms with Gasteiger partial charge in [0.25, 0.3) is 0 Å². The molecule has 74 valence electrons. The summed E-state index contributed by atoms with van der Waals surface area (Å²) in [5, 5.41) is 7.13. The standard InChI is InChI=1S/C7H14N4OS/c1-2-3-12-4-5-13-7-9-6(8)10-11-7/h2-5H2,1H3,(H3,8,9,10,11). The van der Waals surface area contributed by atoms with Crippen LogP contribution in [0.5, 0.6) is 0 Å². The van der Waals surface area contributed by atoms with E-state index in [9.17, 15) is 0 Å². The van der Waals surface area contributed by atoms with E-state index >= 15 is 0 Å². The molecule has 1 heterocycles. The van der Waals surface area contributed by atoms with Crippen LogP contribution in [0.25, 0.3) is 0 Å². The monoisotopic (exact) mass is 202 g/mol. The van der Waals surface area contributed by atoms with Gasteiger partial charge in [-0.25, -0.2) is 5.10 Å². The highest BCUT2D eigenvalue weighted by Gasteiger charge is 1.99. The van der Waals surface area contributed by atoms with Crippen molar-refractivity contribution in [3.05, 3.63) is 0 Å². The van der Waals surface area contributed by atoms with Gasteiger partial charge in [-0.1, -0.05) is 18.7 Å². The fraction of sp³-hybridized carbons (Fsp3) is 0.714. The summed E-state index contributed by atoms with van der Waals surface area (Å²) in [4.78, 5) is 3.95. The van der Waals surface area contributed by atoms with E-state index in [1.807, 2.05) is 0 Å². The fourth-order valence-corrected chi connectivity index (χ4v) is 1.42.